The Kier molecular flexibility index (Phi) is 3.91. The minimum absolute atomic E-state index is 0.336. The number of carbonyl (C=O) groups is 2. The van der Waals surface area contributed by atoms with Crippen molar-refractivity contribution in [2.45, 2.75) is 12.5 Å². The zero-order valence-electron chi connectivity index (χ0n) is 8.60. The number of carbonyl (C=O) groups excluding carboxylic acids is 2. The topological polar surface area (TPSA) is 58.6 Å². The van der Waals surface area contributed by atoms with Gasteiger partial charge in [0.15, 0.2) is 0 Å². The molecule has 15 heavy (non-hydrogen) atoms. The van der Waals surface area contributed by atoms with E-state index in [9.17, 15) is 9.59 Å². The number of nitrogens with one attached hydrogen (secondary N) is 1. The van der Waals surface area contributed by atoms with E-state index in [1.807, 2.05) is 0 Å². The van der Waals surface area contributed by atoms with E-state index < -0.39 is 6.04 Å². The van der Waals surface area contributed by atoms with E-state index >= 15 is 0 Å². The van der Waals surface area contributed by atoms with Crippen LogP contribution >= 0.6 is 0 Å². The van der Waals surface area contributed by atoms with E-state index in [4.69, 9.17) is 4.74 Å². The van der Waals surface area contributed by atoms with Gasteiger partial charge in [0.05, 0.1) is 6.61 Å². The standard InChI is InChI=1S/C10H14N2O3/c1-3-4-6-12(2)10(14)11-8-5-7-15-9(8)13/h3-4,6,8H,1,5,7H2,2H3,(H,11,14)/b6-4-. The second kappa shape index (κ2) is 5.19. The van der Waals surface area contributed by atoms with Crippen LogP contribution < -0.4 is 5.32 Å². The number of allylic oxidation sites excluding steroid dienone is 2. The third kappa shape index (κ3) is 3.12. The van der Waals surface area contributed by atoms with Crippen LogP contribution in [0.25, 0.3) is 0 Å². The van der Waals surface area contributed by atoms with Crippen molar-refractivity contribution in [1.29, 1.82) is 0 Å². The number of urea groups is 1. The van der Waals surface area contributed by atoms with Gasteiger partial charge in [0.25, 0.3) is 0 Å². The lowest BCUT2D eigenvalue weighted by Crippen LogP contribution is -2.43. The van der Waals surface area contributed by atoms with Gasteiger partial charge in [0.2, 0.25) is 0 Å². The van der Waals surface area contributed by atoms with Crippen LogP contribution in [0.3, 0.4) is 0 Å². The molecule has 1 N–H and O–H groups in total. The Balaban J connectivity index is 2.44. The molecule has 0 aromatic heterocycles. The van der Waals surface area contributed by atoms with Gasteiger partial charge in [-0.3, -0.25) is 0 Å². The molecule has 5 nitrogen and oxygen atoms in total. The fraction of sp³-hybridized carbons (Fsp3) is 0.400. The molecular formula is C10H14N2O3. The smallest absolute Gasteiger partial charge is 0.328 e. The first-order chi connectivity index (χ1) is 7.15. The van der Waals surface area contributed by atoms with E-state index in [0.717, 1.165) is 0 Å². The number of ether oxygens (including phenoxy) is 1. The zero-order chi connectivity index (χ0) is 11.3. The lowest BCUT2D eigenvalue weighted by molar-refractivity contribution is -0.139. The molecule has 0 saturated carbocycles. The summed E-state index contributed by atoms with van der Waals surface area (Å²) in [4.78, 5) is 23.9. The first-order valence-electron chi connectivity index (χ1n) is 4.64. The normalized spacial score (nSPS) is 20.1. The molecule has 2 amide bonds. The van der Waals surface area contributed by atoms with Crippen molar-refractivity contribution in [1.82, 2.24) is 10.2 Å². The highest BCUT2D eigenvalue weighted by atomic mass is 16.5. The van der Waals surface area contributed by atoms with Crippen molar-refractivity contribution in [3.63, 3.8) is 0 Å². The Morgan fingerprint density at radius 2 is 2.47 bits per heavy atom. The average Bonchev–Trinajstić information content (AvgIpc) is 2.61. The van der Waals surface area contributed by atoms with E-state index in [0.29, 0.717) is 13.0 Å². The molecular weight excluding hydrogens is 196 g/mol. The summed E-state index contributed by atoms with van der Waals surface area (Å²) < 4.78 is 4.72. The summed E-state index contributed by atoms with van der Waals surface area (Å²) in [5.41, 5.74) is 0. The lowest BCUT2D eigenvalue weighted by atomic mass is 10.2. The van der Waals surface area contributed by atoms with Gasteiger partial charge in [-0.05, 0) is 6.08 Å². The molecule has 0 bridgehead atoms. The third-order valence-electron chi connectivity index (χ3n) is 2.00. The minimum Gasteiger partial charge on any atom is -0.464 e. The number of amides is 2. The second-order valence-electron chi connectivity index (χ2n) is 3.15. The summed E-state index contributed by atoms with van der Waals surface area (Å²) in [6.45, 7) is 3.86. The van der Waals surface area contributed by atoms with Gasteiger partial charge in [0, 0.05) is 19.7 Å². The van der Waals surface area contributed by atoms with E-state index in [1.165, 1.54) is 4.90 Å². The monoisotopic (exact) mass is 210 g/mol. The quantitative estimate of drug-likeness (QED) is 0.549. The number of cyclic esters (lactones) is 1. The number of hydrogen-bond donors (Lipinski definition) is 1. The summed E-state index contributed by atoms with van der Waals surface area (Å²) in [6.07, 6.45) is 5.28. The fourth-order valence-corrected chi connectivity index (χ4v) is 1.14. The molecule has 1 heterocycles. The largest absolute Gasteiger partial charge is 0.464 e. The van der Waals surface area contributed by atoms with E-state index in [-0.39, 0.29) is 12.0 Å². The molecule has 0 spiro atoms. The van der Waals surface area contributed by atoms with Crippen LogP contribution in [0.15, 0.2) is 24.9 Å². The van der Waals surface area contributed by atoms with Crippen LogP contribution in [-0.4, -0.2) is 36.6 Å². The van der Waals surface area contributed by atoms with Crippen molar-refractivity contribution in [3.05, 3.63) is 24.9 Å². The molecule has 0 aromatic carbocycles. The Morgan fingerprint density at radius 3 is 3.00 bits per heavy atom. The van der Waals surface area contributed by atoms with Gasteiger partial charge in [0.1, 0.15) is 6.04 Å². The maximum Gasteiger partial charge on any atom is 0.328 e. The first kappa shape index (κ1) is 11.3. The molecule has 1 atom stereocenters. The highest BCUT2D eigenvalue weighted by Gasteiger charge is 2.28. The average molecular weight is 210 g/mol. The highest BCUT2D eigenvalue weighted by molar-refractivity contribution is 5.84. The predicted molar refractivity (Wildman–Crippen MR) is 55.0 cm³/mol. The minimum atomic E-state index is -0.517. The lowest BCUT2D eigenvalue weighted by Gasteiger charge is -2.15. The van der Waals surface area contributed by atoms with Crippen LogP contribution in [0.4, 0.5) is 4.79 Å². The Labute approximate surface area is 88.4 Å². The Bertz CT molecular complexity index is 299. The molecule has 0 aromatic rings. The molecule has 0 aliphatic carbocycles. The zero-order valence-corrected chi connectivity index (χ0v) is 8.60. The van der Waals surface area contributed by atoms with Crippen LogP contribution in [-0.2, 0) is 9.53 Å². The molecule has 5 heteroatoms. The Morgan fingerprint density at radius 1 is 1.73 bits per heavy atom. The predicted octanol–water partition coefficient (Wildman–Crippen LogP) is 0.643. The summed E-state index contributed by atoms with van der Waals surface area (Å²) in [5, 5.41) is 2.56. The molecule has 0 radical (unpaired) electrons. The molecule has 1 aliphatic rings. The van der Waals surface area contributed by atoms with Crippen LogP contribution in [0.5, 0.6) is 0 Å². The Hall–Kier alpha value is -1.78. The molecule has 1 saturated heterocycles. The number of rotatable bonds is 3. The van der Waals surface area contributed by atoms with Gasteiger partial charge in [-0.25, -0.2) is 9.59 Å². The van der Waals surface area contributed by atoms with E-state index in [1.54, 1.807) is 25.4 Å². The van der Waals surface area contributed by atoms with Crippen molar-refractivity contribution in [2.24, 2.45) is 0 Å². The molecule has 1 unspecified atom stereocenters. The van der Waals surface area contributed by atoms with Crippen LogP contribution in [0.2, 0.25) is 0 Å². The second-order valence-corrected chi connectivity index (χ2v) is 3.15. The van der Waals surface area contributed by atoms with Crippen molar-refractivity contribution in [2.75, 3.05) is 13.7 Å². The van der Waals surface area contributed by atoms with Gasteiger partial charge in [-0.15, -0.1) is 0 Å². The molecule has 82 valence electrons. The maximum absolute atomic E-state index is 11.5. The molecule has 1 aliphatic heterocycles. The fourth-order valence-electron chi connectivity index (χ4n) is 1.14. The molecule has 1 fully saturated rings. The van der Waals surface area contributed by atoms with Crippen LogP contribution in [0.1, 0.15) is 6.42 Å². The van der Waals surface area contributed by atoms with Gasteiger partial charge in [-0.2, -0.15) is 0 Å². The van der Waals surface area contributed by atoms with Crippen molar-refractivity contribution >= 4 is 12.0 Å². The summed E-state index contributed by atoms with van der Waals surface area (Å²) in [6, 6.07) is -0.853. The first-order valence-corrected chi connectivity index (χ1v) is 4.64. The molecule has 1 rings (SSSR count). The van der Waals surface area contributed by atoms with E-state index in [2.05, 4.69) is 11.9 Å². The summed E-state index contributed by atoms with van der Waals surface area (Å²) >= 11 is 0. The van der Waals surface area contributed by atoms with Gasteiger partial charge >= 0.3 is 12.0 Å². The highest BCUT2D eigenvalue weighted by Crippen LogP contribution is 2.05. The number of esters is 1. The summed E-state index contributed by atoms with van der Waals surface area (Å²) in [5.74, 6) is -0.371. The summed E-state index contributed by atoms with van der Waals surface area (Å²) in [7, 11) is 1.59. The van der Waals surface area contributed by atoms with Crippen molar-refractivity contribution < 1.29 is 14.3 Å². The van der Waals surface area contributed by atoms with Gasteiger partial charge < -0.3 is 15.0 Å². The number of hydrogen-bond acceptors (Lipinski definition) is 3. The van der Waals surface area contributed by atoms with Gasteiger partial charge in [-0.1, -0.05) is 12.7 Å². The third-order valence-corrected chi connectivity index (χ3v) is 2.00. The van der Waals surface area contributed by atoms with Crippen LogP contribution in [0, 0.1) is 0 Å². The maximum atomic E-state index is 11.5. The van der Waals surface area contributed by atoms with Crippen molar-refractivity contribution in [3.8, 4) is 0 Å². The SMILES string of the molecule is C=C/C=C\N(C)C(=O)NC1CCOC1=O. The number of nitrogens with zero attached hydrogens (tertiary/aromatic N) is 1.